The van der Waals surface area contributed by atoms with E-state index in [0.29, 0.717) is 12.6 Å². The second kappa shape index (κ2) is 6.06. The molecule has 0 bridgehead atoms. The van der Waals surface area contributed by atoms with Gasteiger partial charge in [-0.15, -0.1) is 0 Å². The van der Waals surface area contributed by atoms with E-state index in [2.05, 4.69) is 34.1 Å². The molecule has 1 fully saturated rings. The van der Waals surface area contributed by atoms with Crippen LogP contribution in [-0.2, 0) is 11.3 Å². The quantitative estimate of drug-likeness (QED) is 0.818. The lowest BCUT2D eigenvalue weighted by Gasteiger charge is -2.21. The summed E-state index contributed by atoms with van der Waals surface area (Å²) in [6.07, 6.45) is 2.64. The average molecular weight is 262 g/mol. The summed E-state index contributed by atoms with van der Waals surface area (Å²) in [6, 6.07) is 9.07. The minimum absolute atomic E-state index is 0.228. The van der Waals surface area contributed by atoms with E-state index in [1.165, 1.54) is 24.1 Å². The fraction of sp³-hybridized carbons (Fsp3) is 0.533. The Morgan fingerprint density at radius 3 is 2.37 bits per heavy atom. The maximum absolute atomic E-state index is 10.7. The molecule has 0 spiro atoms. The number of hydrogen-bond donors (Lipinski definition) is 1. The number of benzene rings is 1. The lowest BCUT2D eigenvalue weighted by Crippen LogP contribution is -2.28. The van der Waals surface area contributed by atoms with Crippen molar-refractivity contribution in [2.24, 2.45) is 0 Å². The molecule has 2 rings (SSSR count). The van der Waals surface area contributed by atoms with E-state index in [1.54, 1.807) is 0 Å². The largest absolute Gasteiger partial charge is 0.481 e. The molecule has 0 saturated heterocycles. The third-order valence-electron chi connectivity index (χ3n) is 3.51. The highest BCUT2D eigenvalue weighted by Crippen LogP contribution is 2.28. The Kier molecular flexibility index (Phi) is 4.43. The molecule has 1 aromatic carbocycles. The second-order valence-corrected chi connectivity index (χ2v) is 5.41. The first-order valence-electron chi connectivity index (χ1n) is 6.78. The van der Waals surface area contributed by atoms with Crippen LogP contribution in [0, 0.1) is 0 Å². The smallest absolute Gasteiger partial charge is 0.304 e. The molecule has 104 valence electrons. The molecule has 0 radical (unpaired) electrons. The van der Waals surface area contributed by atoms with Crippen LogP contribution in [0.5, 0.6) is 0 Å². The van der Waals surface area contributed by atoms with Crippen LogP contribution in [0.15, 0.2) is 24.3 Å². The molecule has 4 nitrogen and oxygen atoms in total. The van der Waals surface area contributed by atoms with Gasteiger partial charge in [0.15, 0.2) is 0 Å². The van der Waals surface area contributed by atoms with Crippen molar-refractivity contribution in [1.82, 2.24) is 4.90 Å². The second-order valence-electron chi connectivity index (χ2n) is 5.41. The summed E-state index contributed by atoms with van der Waals surface area (Å²) in [7, 11) is 4.05. The summed E-state index contributed by atoms with van der Waals surface area (Å²) in [5.74, 6) is -0.714. The normalized spacial score (nSPS) is 14.7. The predicted molar refractivity (Wildman–Crippen MR) is 76.5 cm³/mol. The molecule has 0 unspecified atom stereocenters. The topological polar surface area (TPSA) is 43.8 Å². The molecule has 0 aromatic heterocycles. The first-order valence-corrected chi connectivity index (χ1v) is 6.78. The Bertz CT molecular complexity index is 424. The van der Waals surface area contributed by atoms with Gasteiger partial charge in [-0.3, -0.25) is 9.69 Å². The average Bonchev–Trinajstić information content (AvgIpc) is 3.19. The van der Waals surface area contributed by atoms with Crippen molar-refractivity contribution >= 4 is 11.7 Å². The van der Waals surface area contributed by atoms with E-state index >= 15 is 0 Å². The van der Waals surface area contributed by atoms with Crippen molar-refractivity contribution in [3.8, 4) is 0 Å². The van der Waals surface area contributed by atoms with Gasteiger partial charge in [0.25, 0.3) is 0 Å². The van der Waals surface area contributed by atoms with E-state index in [1.807, 2.05) is 14.1 Å². The Morgan fingerprint density at radius 2 is 1.89 bits per heavy atom. The third-order valence-corrected chi connectivity index (χ3v) is 3.51. The van der Waals surface area contributed by atoms with Crippen molar-refractivity contribution in [3.63, 3.8) is 0 Å². The number of carboxylic acid groups (broad SMARTS) is 1. The summed E-state index contributed by atoms with van der Waals surface area (Å²) < 4.78 is 0. The summed E-state index contributed by atoms with van der Waals surface area (Å²) in [6.45, 7) is 1.50. The van der Waals surface area contributed by atoms with Gasteiger partial charge in [-0.25, -0.2) is 0 Å². The molecule has 0 aliphatic heterocycles. The van der Waals surface area contributed by atoms with Crippen LogP contribution in [0.25, 0.3) is 0 Å². The van der Waals surface area contributed by atoms with Crippen molar-refractivity contribution in [2.45, 2.75) is 31.8 Å². The molecule has 1 saturated carbocycles. The zero-order valence-corrected chi connectivity index (χ0v) is 11.7. The summed E-state index contributed by atoms with van der Waals surface area (Å²) in [4.78, 5) is 15.1. The highest BCUT2D eigenvalue weighted by atomic mass is 16.4. The maximum Gasteiger partial charge on any atom is 0.304 e. The summed E-state index contributed by atoms with van der Waals surface area (Å²) >= 11 is 0. The molecule has 4 heteroatoms. The van der Waals surface area contributed by atoms with Crippen molar-refractivity contribution in [3.05, 3.63) is 29.8 Å². The molecule has 1 aliphatic carbocycles. The first kappa shape index (κ1) is 13.9. The molecule has 0 amide bonds. The lowest BCUT2D eigenvalue weighted by molar-refractivity contribution is -0.137. The van der Waals surface area contributed by atoms with Gasteiger partial charge in [0.1, 0.15) is 0 Å². The van der Waals surface area contributed by atoms with E-state index in [-0.39, 0.29) is 6.42 Å². The fourth-order valence-electron chi connectivity index (χ4n) is 2.20. The molecule has 0 atom stereocenters. The monoisotopic (exact) mass is 262 g/mol. The molecule has 1 aliphatic rings. The zero-order chi connectivity index (χ0) is 13.8. The Morgan fingerprint density at radius 1 is 1.26 bits per heavy atom. The highest BCUT2D eigenvalue weighted by molar-refractivity contribution is 5.66. The van der Waals surface area contributed by atoms with Crippen LogP contribution in [0.4, 0.5) is 5.69 Å². The molecule has 1 N–H and O–H groups in total. The number of nitrogens with zero attached hydrogens (tertiary/aromatic N) is 2. The highest BCUT2D eigenvalue weighted by Gasteiger charge is 2.28. The van der Waals surface area contributed by atoms with Crippen LogP contribution in [0.1, 0.15) is 24.8 Å². The van der Waals surface area contributed by atoms with Gasteiger partial charge in [-0.2, -0.15) is 0 Å². The van der Waals surface area contributed by atoms with Gasteiger partial charge in [-0.1, -0.05) is 12.1 Å². The van der Waals surface area contributed by atoms with Gasteiger partial charge in [0.05, 0.1) is 6.42 Å². The number of aliphatic carboxylic acids is 1. The minimum atomic E-state index is -0.714. The number of rotatable bonds is 7. The van der Waals surface area contributed by atoms with Crippen molar-refractivity contribution < 1.29 is 9.90 Å². The van der Waals surface area contributed by atoms with Crippen LogP contribution in [-0.4, -0.2) is 42.7 Å². The van der Waals surface area contributed by atoms with Crippen LogP contribution >= 0.6 is 0 Å². The maximum atomic E-state index is 10.7. The molecule has 0 heterocycles. The van der Waals surface area contributed by atoms with Gasteiger partial charge < -0.3 is 10.0 Å². The van der Waals surface area contributed by atoms with E-state index in [4.69, 9.17) is 5.11 Å². The number of carbonyl (C=O) groups is 1. The van der Waals surface area contributed by atoms with E-state index in [0.717, 1.165) is 6.54 Å². The van der Waals surface area contributed by atoms with Gasteiger partial charge in [-0.05, 0) is 30.5 Å². The predicted octanol–water partition coefficient (Wildman–Crippen LogP) is 2.19. The minimum Gasteiger partial charge on any atom is -0.481 e. The van der Waals surface area contributed by atoms with Crippen molar-refractivity contribution in [2.75, 3.05) is 25.5 Å². The summed E-state index contributed by atoms with van der Waals surface area (Å²) in [5, 5.41) is 8.80. The number of anilines is 1. The Hall–Kier alpha value is -1.55. The Labute approximate surface area is 114 Å². The van der Waals surface area contributed by atoms with Crippen LogP contribution in [0.3, 0.4) is 0 Å². The first-order chi connectivity index (χ1) is 9.06. The Balaban J connectivity index is 1.94. The van der Waals surface area contributed by atoms with Gasteiger partial charge in [0, 0.05) is 38.9 Å². The molecular weight excluding hydrogens is 240 g/mol. The van der Waals surface area contributed by atoms with E-state index < -0.39 is 5.97 Å². The van der Waals surface area contributed by atoms with Gasteiger partial charge >= 0.3 is 5.97 Å². The standard InChI is InChI=1S/C15H22N2O2/c1-16(2)13-5-3-12(4-6-13)11-17(14-7-8-14)10-9-15(18)19/h3-6,14H,7-11H2,1-2H3,(H,18,19). The number of hydrogen-bond acceptors (Lipinski definition) is 3. The number of carboxylic acids is 1. The zero-order valence-electron chi connectivity index (χ0n) is 11.7. The van der Waals surface area contributed by atoms with Crippen LogP contribution in [0.2, 0.25) is 0 Å². The molecule has 19 heavy (non-hydrogen) atoms. The van der Waals surface area contributed by atoms with Crippen molar-refractivity contribution in [1.29, 1.82) is 0 Å². The third kappa shape index (κ3) is 4.24. The van der Waals surface area contributed by atoms with Crippen LogP contribution < -0.4 is 4.90 Å². The fourth-order valence-corrected chi connectivity index (χ4v) is 2.20. The van der Waals surface area contributed by atoms with Gasteiger partial charge in [0.2, 0.25) is 0 Å². The SMILES string of the molecule is CN(C)c1ccc(CN(CCC(=O)O)C2CC2)cc1. The molecule has 1 aromatic rings. The lowest BCUT2D eigenvalue weighted by atomic mass is 10.2. The molecular formula is C15H22N2O2. The van der Waals surface area contributed by atoms with E-state index in [9.17, 15) is 4.79 Å². The summed E-state index contributed by atoms with van der Waals surface area (Å²) in [5.41, 5.74) is 2.44.